The van der Waals surface area contributed by atoms with E-state index in [0.717, 1.165) is 16.7 Å². The van der Waals surface area contributed by atoms with Crippen LogP contribution in [0.4, 0.5) is 0 Å². The van der Waals surface area contributed by atoms with Crippen LogP contribution in [-0.2, 0) is 11.3 Å². The van der Waals surface area contributed by atoms with Crippen LogP contribution in [0.15, 0.2) is 54.6 Å². The summed E-state index contributed by atoms with van der Waals surface area (Å²) in [6, 6.07) is 16.2. The maximum atomic E-state index is 11.5. The molecule has 5 heteroatoms. The average molecular weight is 364 g/mol. The van der Waals surface area contributed by atoms with E-state index in [1.807, 2.05) is 54.6 Å². The van der Waals surface area contributed by atoms with Crippen LogP contribution in [0.25, 0.3) is 0 Å². The highest BCUT2D eigenvalue weighted by Gasteiger charge is 2.22. The molecule has 0 aliphatic rings. The number of carbonyl (C=O) groups is 1. The lowest BCUT2D eigenvalue weighted by molar-refractivity contribution is -0.134. The maximum absolute atomic E-state index is 11.5. The number of amides is 1. The molecule has 1 amide bonds. The van der Waals surface area contributed by atoms with Crippen molar-refractivity contribution in [3.05, 3.63) is 71.3 Å². The van der Waals surface area contributed by atoms with Gasteiger partial charge in [0.05, 0.1) is 6.10 Å². The van der Waals surface area contributed by atoms with Gasteiger partial charge in [0.15, 0.2) is 0 Å². The molecule has 0 saturated heterocycles. The summed E-state index contributed by atoms with van der Waals surface area (Å²) < 4.78 is 0. The molecule has 0 heterocycles. The van der Waals surface area contributed by atoms with Gasteiger partial charge >= 0.3 is 0 Å². The van der Waals surface area contributed by atoms with E-state index < -0.39 is 18.1 Å². The average Bonchev–Trinajstić information content (AvgIpc) is 2.66. The number of hydroxylamine groups is 1. The zero-order valence-corrected chi connectivity index (χ0v) is 14.4. The Kier molecular flexibility index (Phi) is 9.36. The number of hydrogen-bond donors (Lipinski definition) is 4. The van der Waals surface area contributed by atoms with Crippen molar-refractivity contribution in [2.75, 3.05) is 0 Å². The molecule has 4 N–H and O–H groups in total. The number of aliphatic hydroxyl groups excluding tert-OH is 1. The van der Waals surface area contributed by atoms with Gasteiger partial charge in [-0.2, -0.15) is 0 Å². The Hall–Kier alpha value is -3.09. The van der Waals surface area contributed by atoms with E-state index in [9.17, 15) is 9.90 Å². The molecule has 0 spiro atoms. The quantitative estimate of drug-likeness (QED) is 0.372. The topological polar surface area (TPSA) is 81.6 Å². The molecule has 2 rings (SSSR count). The fraction of sp³-hybridized carbons (Fsp3) is 0.227. The normalized spacial score (nSPS) is 11.5. The van der Waals surface area contributed by atoms with Gasteiger partial charge < -0.3 is 5.11 Å². The summed E-state index contributed by atoms with van der Waals surface area (Å²) in [7, 11) is 0. The van der Waals surface area contributed by atoms with E-state index in [0.29, 0.717) is 6.54 Å². The van der Waals surface area contributed by atoms with Gasteiger partial charge in [-0.1, -0.05) is 49.6 Å². The van der Waals surface area contributed by atoms with Gasteiger partial charge in [0, 0.05) is 17.7 Å². The van der Waals surface area contributed by atoms with Gasteiger partial charge in [0.2, 0.25) is 0 Å². The van der Waals surface area contributed by atoms with Crippen molar-refractivity contribution in [2.45, 2.75) is 33.0 Å². The number of aliphatic hydroxyl groups is 1. The zero-order chi connectivity index (χ0) is 18.8. The van der Waals surface area contributed by atoms with Crippen molar-refractivity contribution < 1.29 is 15.1 Å². The molecule has 0 unspecified atom stereocenters. The molecule has 0 saturated carbocycles. The second-order valence-corrected chi connectivity index (χ2v) is 5.64. The van der Waals surface area contributed by atoms with E-state index in [4.69, 9.17) is 5.21 Å². The van der Waals surface area contributed by atoms with Crippen LogP contribution in [0.5, 0.6) is 0 Å². The molecule has 0 radical (unpaired) electrons. The molecule has 2 atom stereocenters. The first-order chi connectivity index (χ1) is 12.6. The molecule has 140 valence electrons. The largest absolute Gasteiger partial charge is 0.391 e. The number of benzene rings is 2. The van der Waals surface area contributed by atoms with Crippen LogP contribution in [0.3, 0.4) is 0 Å². The highest BCUT2D eigenvalue weighted by Crippen LogP contribution is 2.04. The summed E-state index contributed by atoms with van der Waals surface area (Å²) in [6.45, 7) is 1.84. The molecule has 0 aromatic heterocycles. The van der Waals surface area contributed by atoms with Crippen LogP contribution in [0.2, 0.25) is 0 Å². The SMILES string of the molecule is C.C[C@@H](O)[C@H](NCc1ccc(C#CC#Cc2ccccc2)cc1)C(=O)NO. The van der Waals surface area contributed by atoms with Crippen molar-refractivity contribution in [3.8, 4) is 23.7 Å². The van der Waals surface area contributed by atoms with Gasteiger partial charge in [0.25, 0.3) is 5.91 Å². The first-order valence-corrected chi connectivity index (χ1v) is 8.11. The lowest BCUT2D eigenvalue weighted by Gasteiger charge is -2.19. The van der Waals surface area contributed by atoms with E-state index in [1.165, 1.54) is 12.4 Å². The van der Waals surface area contributed by atoms with Gasteiger partial charge in [0.1, 0.15) is 6.04 Å². The smallest absolute Gasteiger partial charge is 0.263 e. The Labute approximate surface area is 160 Å². The van der Waals surface area contributed by atoms with E-state index in [-0.39, 0.29) is 7.43 Å². The fourth-order valence-electron chi connectivity index (χ4n) is 2.21. The lowest BCUT2D eigenvalue weighted by atomic mass is 10.1. The molecular weight excluding hydrogens is 340 g/mol. The third kappa shape index (κ3) is 7.35. The molecule has 27 heavy (non-hydrogen) atoms. The predicted octanol–water partition coefficient (Wildman–Crippen LogP) is 2.07. The van der Waals surface area contributed by atoms with E-state index in [1.54, 1.807) is 0 Å². The Bertz CT molecular complexity index is 838. The second kappa shape index (κ2) is 11.5. The summed E-state index contributed by atoms with van der Waals surface area (Å²) in [5.41, 5.74) is 4.21. The highest BCUT2D eigenvalue weighted by atomic mass is 16.5. The Balaban J connectivity index is 0.00000364. The monoisotopic (exact) mass is 364 g/mol. The molecule has 0 fully saturated rings. The van der Waals surface area contributed by atoms with Gasteiger partial charge in [-0.3, -0.25) is 15.3 Å². The fourth-order valence-corrected chi connectivity index (χ4v) is 2.21. The van der Waals surface area contributed by atoms with Crippen molar-refractivity contribution in [1.82, 2.24) is 10.8 Å². The van der Waals surface area contributed by atoms with Gasteiger partial charge in [-0.05, 0) is 48.6 Å². The van der Waals surface area contributed by atoms with Crippen LogP contribution in [0.1, 0.15) is 31.0 Å². The van der Waals surface area contributed by atoms with Crippen molar-refractivity contribution in [1.29, 1.82) is 0 Å². The van der Waals surface area contributed by atoms with Gasteiger partial charge in [-0.25, -0.2) is 5.48 Å². The third-order valence-electron chi connectivity index (χ3n) is 3.61. The van der Waals surface area contributed by atoms with Crippen molar-refractivity contribution >= 4 is 5.91 Å². The van der Waals surface area contributed by atoms with Crippen LogP contribution in [0, 0.1) is 23.7 Å². The molecule has 0 aliphatic heterocycles. The highest BCUT2D eigenvalue weighted by molar-refractivity contribution is 5.81. The van der Waals surface area contributed by atoms with Crippen molar-refractivity contribution in [3.63, 3.8) is 0 Å². The van der Waals surface area contributed by atoms with E-state index >= 15 is 0 Å². The second-order valence-electron chi connectivity index (χ2n) is 5.64. The van der Waals surface area contributed by atoms with Crippen molar-refractivity contribution in [2.24, 2.45) is 0 Å². The summed E-state index contributed by atoms with van der Waals surface area (Å²) in [5.74, 6) is 10.9. The maximum Gasteiger partial charge on any atom is 0.263 e. The lowest BCUT2D eigenvalue weighted by Crippen LogP contribution is -2.49. The zero-order valence-electron chi connectivity index (χ0n) is 14.4. The molecular formula is C22H24N2O3. The van der Waals surface area contributed by atoms with Crippen LogP contribution in [-0.4, -0.2) is 28.4 Å². The summed E-state index contributed by atoms with van der Waals surface area (Å²) in [6.07, 6.45) is -0.935. The third-order valence-corrected chi connectivity index (χ3v) is 3.61. The Morgan fingerprint density at radius 2 is 1.56 bits per heavy atom. The minimum Gasteiger partial charge on any atom is -0.391 e. The van der Waals surface area contributed by atoms with Crippen LogP contribution < -0.4 is 10.8 Å². The number of rotatable bonds is 5. The number of hydrogen-bond acceptors (Lipinski definition) is 4. The molecule has 2 aromatic carbocycles. The predicted molar refractivity (Wildman–Crippen MR) is 106 cm³/mol. The summed E-state index contributed by atoms with van der Waals surface area (Å²) in [4.78, 5) is 11.5. The Morgan fingerprint density at radius 3 is 2.07 bits per heavy atom. The number of nitrogens with one attached hydrogen (secondary N) is 2. The standard InChI is InChI=1S/C21H20N2O3.CH4/c1-16(24)20(21(25)23-26)22-15-19-13-11-18(12-14-19)10-6-5-9-17-7-3-2-4-8-17;/h2-4,7-8,11-14,16,20,22,24,26H,15H2,1H3,(H,23,25);1H4/t16-,20+;/m1./s1. The minimum atomic E-state index is -0.935. The Morgan fingerprint density at radius 1 is 1.00 bits per heavy atom. The van der Waals surface area contributed by atoms with Crippen LogP contribution >= 0.6 is 0 Å². The summed E-state index contributed by atoms with van der Waals surface area (Å²) in [5, 5.41) is 21.2. The first-order valence-electron chi connectivity index (χ1n) is 8.11. The molecule has 0 bridgehead atoms. The first kappa shape index (κ1) is 22.0. The summed E-state index contributed by atoms with van der Waals surface area (Å²) >= 11 is 0. The molecule has 2 aromatic rings. The number of carbonyl (C=O) groups excluding carboxylic acids is 1. The molecule has 0 aliphatic carbocycles. The minimum absolute atomic E-state index is 0. The van der Waals surface area contributed by atoms with Gasteiger partial charge in [-0.15, -0.1) is 0 Å². The van der Waals surface area contributed by atoms with E-state index in [2.05, 4.69) is 29.0 Å². The molecule has 5 nitrogen and oxygen atoms in total.